The standard InChI is InChI=1S/C29H38ClN6O2P.ClH/c1-35-15-11-29(12-16-35)13-17-36(18-14-29)21-9-10-23(25(19-21)38-2)33-28-31-20-22(30)27(34-28)32-24-7-5-6-8-26(24)39(3,4)37;/h5-10,19-20H,11-18H2,1-4H3,(H2,31,32,33,34);1H. The van der Waals surface area contributed by atoms with Crippen molar-refractivity contribution in [1.29, 1.82) is 0 Å². The molecule has 1 aromatic heterocycles. The van der Waals surface area contributed by atoms with E-state index in [1.54, 1.807) is 26.6 Å². The van der Waals surface area contributed by atoms with Crippen molar-refractivity contribution >= 4 is 65.3 Å². The first-order valence-corrected chi connectivity index (χ1v) is 16.5. The monoisotopic (exact) mass is 604 g/mol. The second-order valence-electron chi connectivity index (χ2n) is 11.2. The van der Waals surface area contributed by atoms with E-state index >= 15 is 0 Å². The number of hydrogen-bond acceptors (Lipinski definition) is 8. The van der Waals surface area contributed by atoms with Gasteiger partial charge in [-0.15, -0.1) is 12.4 Å². The fraction of sp³-hybridized carbons (Fsp3) is 0.448. The molecule has 0 amide bonds. The number of likely N-dealkylation sites (tertiary alicyclic amines) is 1. The van der Waals surface area contributed by atoms with Gasteiger partial charge in [0.2, 0.25) is 5.95 Å². The summed E-state index contributed by atoms with van der Waals surface area (Å²) in [4.78, 5) is 13.9. The van der Waals surface area contributed by atoms with E-state index in [9.17, 15) is 4.57 Å². The van der Waals surface area contributed by atoms with Gasteiger partial charge < -0.3 is 29.7 Å². The predicted molar refractivity (Wildman–Crippen MR) is 170 cm³/mol. The van der Waals surface area contributed by atoms with Gasteiger partial charge in [-0.25, -0.2) is 4.98 Å². The molecule has 0 saturated carbocycles. The van der Waals surface area contributed by atoms with Crippen LogP contribution in [0.15, 0.2) is 48.7 Å². The molecule has 2 aliphatic heterocycles. The summed E-state index contributed by atoms with van der Waals surface area (Å²) in [5, 5.41) is 7.63. The predicted octanol–water partition coefficient (Wildman–Crippen LogP) is 6.61. The molecule has 2 aromatic carbocycles. The first-order valence-electron chi connectivity index (χ1n) is 13.5. The summed E-state index contributed by atoms with van der Waals surface area (Å²) in [7, 11) is 1.40. The van der Waals surface area contributed by atoms with Crippen LogP contribution in [0.2, 0.25) is 5.02 Å². The molecule has 40 heavy (non-hydrogen) atoms. The first-order chi connectivity index (χ1) is 18.7. The van der Waals surface area contributed by atoms with Crippen LogP contribution in [0.25, 0.3) is 0 Å². The third-order valence-electron chi connectivity index (χ3n) is 8.15. The van der Waals surface area contributed by atoms with Crippen LogP contribution in [0.1, 0.15) is 25.7 Å². The second-order valence-corrected chi connectivity index (χ2v) is 14.8. The smallest absolute Gasteiger partial charge is 0.229 e. The third-order valence-corrected chi connectivity index (χ3v) is 9.98. The molecule has 2 aliphatic rings. The van der Waals surface area contributed by atoms with Crippen molar-refractivity contribution in [3.05, 3.63) is 53.7 Å². The highest BCUT2D eigenvalue weighted by Gasteiger charge is 2.37. The fourth-order valence-electron chi connectivity index (χ4n) is 5.62. The minimum absolute atomic E-state index is 0. The molecule has 0 bridgehead atoms. The largest absolute Gasteiger partial charge is 0.494 e. The number of halogens is 2. The molecule has 2 N–H and O–H groups in total. The lowest BCUT2D eigenvalue weighted by Crippen LogP contribution is -2.46. The molecular weight excluding hydrogens is 566 g/mol. The van der Waals surface area contributed by atoms with E-state index in [4.69, 9.17) is 16.3 Å². The molecule has 8 nitrogen and oxygen atoms in total. The number of para-hydroxylation sites is 1. The molecule has 216 valence electrons. The maximum atomic E-state index is 12.8. The second kappa shape index (κ2) is 12.6. The number of rotatable bonds is 7. The zero-order valence-corrected chi connectivity index (χ0v) is 26.1. The number of benzene rings is 2. The third kappa shape index (κ3) is 6.85. The SMILES string of the molecule is COc1cc(N2CCC3(CCN(C)CC3)CC2)ccc1Nc1ncc(Cl)c(Nc2ccccc2P(C)(C)=O)n1.Cl. The summed E-state index contributed by atoms with van der Waals surface area (Å²) >= 11 is 6.43. The van der Waals surface area contributed by atoms with E-state index in [-0.39, 0.29) is 12.4 Å². The number of nitrogens with one attached hydrogen (secondary N) is 2. The van der Waals surface area contributed by atoms with E-state index in [0.717, 1.165) is 29.8 Å². The maximum Gasteiger partial charge on any atom is 0.229 e. The Morgan fingerprint density at radius 2 is 1.65 bits per heavy atom. The highest BCUT2D eigenvalue weighted by molar-refractivity contribution is 7.70. The molecule has 0 aliphatic carbocycles. The minimum atomic E-state index is -2.50. The Morgan fingerprint density at radius 3 is 2.33 bits per heavy atom. The van der Waals surface area contributed by atoms with Gasteiger partial charge >= 0.3 is 0 Å². The van der Waals surface area contributed by atoms with Crippen LogP contribution in [0.4, 0.5) is 28.8 Å². The van der Waals surface area contributed by atoms with Crippen LogP contribution in [0.3, 0.4) is 0 Å². The van der Waals surface area contributed by atoms with Crippen LogP contribution in [0, 0.1) is 5.41 Å². The van der Waals surface area contributed by atoms with Crippen LogP contribution in [-0.2, 0) is 4.57 Å². The number of methoxy groups -OCH3 is 1. The zero-order valence-electron chi connectivity index (χ0n) is 23.6. The Kier molecular flexibility index (Phi) is 9.56. The molecule has 11 heteroatoms. The normalized spacial score (nSPS) is 17.3. The van der Waals surface area contributed by atoms with Gasteiger partial charge in [-0.3, -0.25) is 0 Å². The van der Waals surface area contributed by atoms with Gasteiger partial charge in [-0.1, -0.05) is 23.7 Å². The van der Waals surface area contributed by atoms with E-state index in [2.05, 4.69) is 49.6 Å². The lowest BCUT2D eigenvalue weighted by atomic mass is 9.71. The van der Waals surface area contributed by atoms with Gasteiger partial charge in [-0.05, 0) is 88.8 Å². The van der Waals surface area contributed by atoms with Crippen molar-refractivity contribution in [1.82, 2.24) is 14.9 Å². The molecule has 2 saturated heterocycles. The van der Waals surface area contributed by atoms with Gasteiger partial charge in [0.25, 0.3) is 0 Å². The summed E-state index contributed by atoms with van der Waals surface area (Å²) in [6.45, 7) is 8.05. The topological polar surface area (TPSA) is 82.6 Å². The molecule has 0 atom stereocenters. The Morgan fingerprint density at radius 1 is 0.975 bits per heavy atom. The zero-order chi connectivity index (χ0) is 27.6. The summed E-state index contributed by atoms with van der Waals surface area (Å²) in [6, 6.07) is 13.7. The van der Waals surface area contributed by atoms with Crippen molar-refractivity contribution in [2.75, 3.05) is 69.2 Å². The summed E-state index contributed by atoms with van der Waals surface area (Å²) in [5.41, 5.74) is 3.16. The van der Waals surface area contributed by atoms with Crippen molar-refractivity contribution < 1.29 is 9.30 Å². The van der Waals surface area contributed by atoms with E-state index in [1.165, 1.54) is 44.5 Å². The number of hydrogen-bond donors (Lipinski definition) is 2. The molecule has 1 spiro atoms. The molecular formula is C29H39Cl2N6O2P. The van der Waals surface area contributed by atoms with E-state index in [0.29, 0.717) is 27.9 Å². The average molecular weight is 606 g/mol. The van der Waals surface area contributed by atoms with Gasteiger partial charge in [0.1, 0.15) is 17.9 Å². The summed E-state index contributed by atoms with van der Waals surface area (Å²) in [6.07, 6.45) is 6.65. The number of piperidine rings is 2. The Balaban J connectivity index is 0.00000370. The number of nitrogens with zero attached hydrogens (tertiary/aromatic N) is 4. The average Bonchev–Trinajstić information content (AvgIpc) is 2.93. The van der Waals surface area contributed by atoms with Crippen LogP contribution in [-0.4, -0.2) is 68.5 Å². The Bertz CT molecular complexity index is 1370. The lowest BCUT2D eigenvalue weighted by molar-refractivity contribution is 0.0945. The van der Waals surface area contributed by atoms with Crippen molar-refractivity contribution in [2.24, 2.45) is 5.41 Å². The molecule has 3 aromatic rings. The number of ether oxygens (including phenoxy) is 1. The molecule has 0 radical (unpaired) electrons. The quantitative estimate of drug-likeness (QED) is 0.292. The molecule has 3 heterocycles. The van der Waals surface area contributed by atoms with Gasteiger partial charge in [0.05, 0.1) is 24.7 Å². The summed E-state index contributed by atoms with van der Waals surface area (Å²) in [5.74, 6) is 1.54. The van der Waals surface area contributed by atoms with Crippen molar-refractivity contribution in [3.8, 4) is 5.75 Å². The van der Waals surface area contributed by atoms with Gasteiger partial charge in [0.15, 0.2) is 5.82 Å². The molecule has 2 fully saturated rings. The van der Waals surface area contributed by atoms with E-state index in [1.807, 2.05) is 30.3 Å². The highest BCUT2D eigenvalue weighted by Crippen LogP contribution is 2.43. The van der Waals surface area contributed by atoms with Crippen molar-refractivity contribution in [3.63, 3.8) is 0 Å². The van der Waals surface area contributed by atoms with E-state index < -0.39 is 7.14 Å². The van der Waals surface area contributed by atoms with Crippen LogP contribution < -0.4 is 25.6 Å². The highest BCUT2D eigenvalue weighted by atomic mass is 35.5. The molecule has 0 unspecified atom stereocenters. The van der Waals surface area contributed by atoms with Crippen LogP contribution >= 0.6 is 31.1 Å². The number of anilines is 5. The van der Waals surface area contributed by atoms with Gasteiger partial charge in [-0.2, -0.15) is 4.98 Å². The van der Waals surface area contributed by atoms with Crippen molar-refractivity contribution in [2.45, 2.75) is 25.7 Å². The van der Waals surface area contributed by atoms with Crippen LogP contribution in [0.5, 0.6) is 5.75 Å². The maximum absolute atomic E-state index is 12.8. The number of aromatic nitrogens is 2. The van der Waals surface area contributed by atoms with Gasteiger partial charge in [0, 0.05) is 30.1 Å². The fourth-order valence-corrected chi connectivity index (χ4v) is 6.92. The minimum Gasteiger partial charge on any atom is -0.494 e. The lowest BCUT2D eigenvalue weighted by Gasteiger charge is -2.47. The summed E-state index contributed by atoms with van der Waals surface area (Å²) < 4.78 is 18.5. The Labute approximate surface area is 248 Å². The Hall–Kier alpha value is -2.51. The molecule has 5 rings (SSSR count). The first kappa shape index (κ1) is 30.4.